The standard InChI is InChI=1S/C19H34N4O3/c1-4-7-23(8-5-2)19(25)17-15-26-18(20-17)14-22-11-9-21(10-12-22)13-16(24)6-3/h15-16,24H,4-14H2,1-3H3/t16-/m0/s1. The molecule has 0 aliphatic carbocycles. The third-order valence-corrected chi connectivity index (χ3v) is 4.81. The van der Waals surface area contributed by atoms with E-state index >= 15 is 0 Å². The monoisotopic (exact) mass is 366 g/mol. The molecule has 0 unspecified atom stereocenters. The predicted octanol–water partition coefficient (Wildman–Crippen LogP) is 1.83. The molecule has 1 aromatic heterocycles. The second-order valence-corrected chi connectivity index (χ2v) is 7.06. The number of hydrogen-bond acceptors (Lipinski definition) is 6. The molecule has 1 N–H and O–H groups in total. The van der Waals surface area contributed by atoms with Crippen LogP contribution in [-0.4, -0.2) is 82.6 Å². The fourth-order valence-corrected chi connectivity index (χ4v) is 3.25. The van der Waals surface area contributed by atoms with Crippen molar-refractivity contribution in [1.29, 1.82) is 0 Å². The predicted molar refractivity (Wildman–Crippen MR) is 101 cm³/mol. The van der Waals surface area contributed by atoms with Gasteiger partial charge in [-0.05, 0) is 19.3 Å². The summed E-state index contributed by atoms with van der Waals surface area (Å²) in [5, 5.41) is 9.77. The SMILES string of the molecule is CCCN(CCC)C(=O)c1coc(CN2CCN(C[C@@H](O)CC)CC2)n1. The van der Waals surface area contributed by atoms with Gasteiger partial charge in [0.15, 0.2) is 5.69 Å². The Bertz CT molecular complexity index is 535. The highest BCUT2D eigenvalue weighted by Gasteiger charge is 2.22. The Morgan fingerprint density at radius 1 is 1.19 bits per heavy atom. The van der Waals surface area contributed by atoms with Crippen molar-refractivity contribution in [3.8, 4) is 0 Å². The van der Waals surface area contributed by atoms with Gasteiger partial charge in [0.25, 0.3) is 5.91 Å². The van der Waals surface area contributed by atoms with Gasteiger partial charge in [0, 0.05) is 45.8 Å². The first kappa shape index (κ1) is 20.9. The first-order valence-electron chi connectivity index (χ1n) is 9.93. The fraction of sp³-hybridized carbons (Fsp3) is 0.789. The van der Waals surface area contributed by atoms with Crippen LogP contribution < -0.4 is 0 Å². The van der Waals surface area contributed by atoms with E-state index in [1.165, 1.54) is 6.26 Å². The Labute approximate surface area is 157 Å². The van der Waals surface area contributed by atoms with Gasteiger partial charge in [0.1, 0.15) is 6.26 Å². The lowest BCUT2D eigenvalue weighted by atomic mass is 10.2. The van der Waals surface area contributed by atoms with Crippen LogP contribution in [0.15, 0.2) is 10.7 Å². The van der Waals surface area contributed by atoms with E-state index in [4.69, 9.17) is 4.42 Å². The lowest BCUT2D eigenvalue weighted by Crippen LogP contribution is -2.48. The molecular weight excluding hydrogens is 332 g/mol. The second-order valence-electron chi connectivity index (χ2n) is 7.06. The number of oxazole rings is 1. The van der Waals surface area contributed by atoms with E-state index in [9.17, 15) is 9.90 Å². The minimum Gasteiger partial charge on any atom is -0.447 e. The molecule has 0 radical (unpaired) electrons. The van der Waals surface area contributed by atoms with Crippen molar-refractivity contribution >= 4 is 5.91 Å². The summed E-state index contributed by atoms with van der Waals surface area (Å²) in [4.78, 5) is 23.4. The first-order chi connectivity index (χ1) is 12.6. The maximum Gasteiger partial charge on any atom is 0.275 e. The quantitative estimate of drug-likeness (QED) is 0.681. The molecule has 0 aromatic carbocycles. The summed E-state index contributed by atoms with van der Waals surface area (Å²) in [6.45, 7) is 12.7. The number of aliphatic hydroxyl groups is 1. The molecule has 7 heteroatoms. The Morgan fingerprint density at radius 3 is 2.38 bits per heavy atom. The van der Waals surface area contributed by atoms with Crippen LogP contribution in [0, 0.1) is 0 Å². The van der Waals surface area contributed by atoms with Crippen LogP contribution in [0.5, 0.6) is 0 Å². The van der Waals surface area contributed by atoms with Crippen molar-refractivity contribution in [2.45, 2.75) is 52.7 Å². The van der Waals surface area contributed by atoms with Crippen molar-refractivity contribution < 1.29 is 14.3 Å². The zero-order chi connectivity index (χ0) is 18.9. The minimum absolute atomic E-state index is 0.0397. The number of amides is 1. The summed E-state index contributed by atoms with van der Waals surface area (Å²) in [6.07, 6.45) is 3.92. The van der Waals surface area contributed by atoms with Gasteiger partial charge in [0.05, 0.1) is 12.6 Å². The van der Waals surface area contributed by atoms with Gasteiger partial charge in [-0.2, -0.15) is 0 Å². The van der Waals surface area contributed by atoms with E-state index < -0.39 is 0 Å². The number of hydrogen-bond donors (Lipinski definition) is 1. The summed E-state index contributed by atoms with van der Waals surface area (Å²) >= 11 is 0. The van der Waals surface area contributed by atoms with Crippen LogP contribution >= 0.6 is 0 Å². The zero-order valence-electron chi connectivity index (χ0n) is 16.5. The highest BCUT2D eigenvalue weighted by atomic mass is 16.3. The van der Waals surface area contributed by atoms with Crippen molar-refractivity contribution in [1.82, 2.24) is 19.7 Å². The summed E-state index contributed by atoms with van der Waals surface area (Å²) in [5.74, 6) is 0.561. The molecule has 148 valence electrons. The molecule has 2 rings (SSSR count). The van der Waals surface area contributed by atoms with Crippen LogP contribution in [0.1, 0.15) is 56.4 Å². The molecule has 0 spiro atoms. The molecule has 1 fully saturated rings. The Hall–Kier alpha value is -1.44. The molecule has 0 bridgehead atoms. The van der Waals surface area contributed by atoms with E-state index in [2.05, 4.69) is 28.6 Å². The Morgan fingerprint density at radius 2 is 1.81 bits per heavy atom. The van der Waals surface area contributed by atoms with Crippen molar-refractivity contribution in [3.63, 3.8) is 0 Å². The lowest BCUT2D eigenvalue weighted by molar-refractivity contribution is 0.0658. The molecule has 1 aromatic rings. The third-order valence-electron chi connectivity index (χ3n) is 4.81. The van der Waals surface area contributed by atoms with E-state index in [0.717, 1.165) is 65.1 Å². The molecular formula is C19H34N4O3. The van der Waals surface area contributed by atoms with Crippen molar-refractivity contribution in [2.75, 3.05) is 45.8 Å². The fourth-order valence-electron chi connectivity index (χ4n) is 3.25. The molecule has 1 atom stereocenters. The largest absolute Gasteiger partial charge is 0.447 e. The van der Waals surface area contributed by atoms with Crippen LogP contribution in [0.2, 0.25) is 0 Å². The first-order valence-corrected chi connectivity index (χ1v) is 9.93. The lowest BCUT2D eigenvalue weighted by Gasteiger charge is -2.34. The average Bonchev–Trinajstić information content (AvgIpc) is 3.11. The van der Waals surface area contributed by atoms with Gasteiger partial charge in [-0.3, -0.25) is 14.6 Å². The minimum atomic E-state index is -0.240. The van der Waals surface area contributed by atoms with E-state index in [1.807, 2.05) is 11.8 Å². The Kier molecular flexibility index (Phi) is 8.54. The summed E-state index contributed by atoms with van der Waals surface area (Å²) in [6, 6.07) is 0. The van der Waals surface area contributed by atoms with Gasteiger partial charge >= 0.3 is 0 Å². The number of aliphatic hydroxyl groups excluding tert-OH is 1. The van der Waals surface area contributed by atoms with E-state index in [1.54, 1.807) is 0 Å². The van der Waals surface area contributed by atoms with Crippen LogP contribution in [0.4, 0.5) is 0 Å². The zero-order valence-corrected chi connectivity index (χ0v) is 16.5. The van der Waals surface area contributed by atoms with Crippen LogP contribution in [0.25, 0.3) is 0 Å². The van der Waals surface area contributed by atoms with Gasteiger partial charge in [-0.15, -0.1) is 0 Å². The number of carbonyl (C=O) groups excluding carboxylic acids is 1. The molecule has 0 saturated carbocycles. The van der Waals surface area contributed by atoms with Crippen LogP contribution in [0.3, 0.4) is 0 Å². The molecule has 1 aliphatic heterocycles. The molecule has 26 heavy (non-hydrogen) atoms. The smallest absolute Gasteiger partial charge is 0.275 e. The molecule has 7 nitrogen and oxygen atoms in total. The third kappa shape index (κ3) is 6.07. The average molecular weight is 367 g/mol. The van der Waals surface area contributed by atoms with E-state index in [-0.39, 0.29) is 12.0 Å². The summed E-state index contributed by atoms with van der Waals surface area (Å²) in [7, 11) is 0. The number of piperazine rings is 1. The van der Waals surface area contributed by atoms with Gasteiger partial charge in [-0.25, -0.2) is 4.98 Å². The normalized spacial score (nSPS) is 17.4. The van der Waals surface area contributed by atoms with Crippen molar-refractivity contribution in [2.24, 2.45) is 0 Å². The number of carbonyl (C=O) groups is 1. The number of rotatable bonds is 10. The highest BCUT2D eigenvalue weighted by molar-refractivity contribution is 5.91. The molecule has 2 heterocycles. The van der Waals surface area contributed by atoms with Gasteiger partial charge in [-0.1, -0.05) is 20.8 Å². The number of aromatic nitrogens is 1. The summed E-state index contributed by atoms with van der Waals surface area (Å²) < 4.78 is 5.55. The molecule has 1 aliphatic rings. The number of nitrogens with zero attached hydrogens (tertiary/aromatic N) is 4. The maximum absolute atomic E-state index is 12.6. The van der Waals surface area contributed by atoms with Crippen molar-refractivity contribution in [3.05, 3.63) is 17.8 Å². The van der Waals surface area contributed by atoms with Gasteiger partial charge < -0.3 is 14.4 Å². The second kappa shape index (κ2) is 10.6. The molecule has 1 amide bonds. The summed E-state index contributed by atoms with van der Waals surface area (Å²) in [5.41, 5.74) is 0.409. The maximum atomic E-state index is 12.6. The van der Waals surface area contributed by atoms with Crippen LogP contribution in [-0.2, 0) is 6.54 Å². The number of β-amino-alcohol motifs (C(OH)–C–C–N with tert-alkyl or cyclic N) is 1. The van der Waals surface area contributed by atoms with E-state index in [0.29, 0.717) is 18.1 Å². The Balaban J connectivity index is 1.84. The van der Waals surface area contributed by atoms with Gasteiger partial charge in [0.2, 0.25) is 5.89 Å². The topological polar surface area (TPSA) is 73.1 Å². The highest BCUT2D eigenvalue weighted by Crippen LogP contribution is 2.12. The molecule has 1 saturated heterocycles.